The fourth-order valence-electron chi connectivity index (χ4n) is 3.64. The third-order valence-electron chi connectivity index (χ3n) is 5.24. The summed E-state index contributed by atoms with van der Waals surface area (Å²) in [5.41, 5.74) is 6.29. The third-order valence-corrected chi connectivity index (χ3v) is 6.21. The molecule has 2 saturated heterocycles. The average molecular weight is 440 g/mol. The highest BCUT2D eigenvalue weighted by Gasteiger charge is 2.31. The molecule has 1 aromatic heterocycles. The molecule has 0 aromatic carbocycles. The van der Waals surface area contributed by atoms with Crippen molar-refractivity contribution in [2.75, 3.05) is 53.1 Å². The summed E-state index contributed by atoms with van der Waals surface area (Å²) >= 11 is 1.75. The Balaban J connectivity index is 0.00000182. The Morgan fingerprint density at radius 2 is 1.89 bits per heavy atom. The molecule has 0 spiro atoms. The molecule has 27 heavy (non-hydrogen) atoms. The van der Waals surface area contributed by atoms with E-state index in [1.165, 1.54) is 4.88 Å². The molecule has 6 nitrogen and oxygen atoms in total. The van der Waals surface area contributed by atoms with E-state index in [-0.39, 0.29) is 42.7 Å². The maximum absolute atomic E-state index is 12.9. The standard InChI is InChI=1S/C18H29N3O3S.2ClH/c1-20(18(22)17(19)14-4-8-23-9-5-14)13-15(16-3-2-12-25-16)21-6-10-24-11-7-21;;/h2-3,12,14-15,17H,4-11,13,19H2,1H3;2*1H. The van der Waals surface area contributed by atoms with Crippen LogP contribution in [0.25, 0.3) is 0 Å². The molecule has 3 heterocycles. The SMILES string of the molecule is CN(CC(c1cccs1)N1CCOCC1)C(=O)C(N)C1CCOCC1.Cl.Cl. The van der Waals surface area contributed by atoms with Crippen molar-refractivity contribution in [2.45, 2.75) is 24.9 Å². The number of rotatable bonds is 6. The molecular weight excluding hydrogens is 409 g/mol. The van der Waals surface area contributed by atoms with Gasteiger partial charge in [-0.3, -0.25) is 9.69 Å². The molecule has 2 unspecified atom stereocenters. The van der Waals surface area contributed by atoms with Crippen molar-refractivity contribution >= 4 is 42.1 Å². The van der Waals surface area contributed by atoms with Crippen molar-refractivity contribution in [3.05, 3.63) is 22.4 Å². The molecule has 2 atom stereocenters. The number of hydrogen-bond donors (Lipinski definition) is 1. The van der Waals surface area contributed by atoms with Crippen LogP contribution in [0, 0.1) is 5.92 Å². The van der Waals surface area contributed by atoms with Crippen LogP contribution >= 0.6 is 36.2 Å². The molecule has 0 radical (unpaired) electrons. The van der Waals surface area contributed by atoms with Crippen LogP contribution in [0.5, 0.6) is 0 Å². The molecule has 2 aliphatic heterocycles. The fourth-order valence-corrected chi connectivity index (χ4v) is 4.49. The lowest BCUT2D eigenvalue weighted by molar-refractivity contribution is -0.134. The largest absolute Gasteiger partial charge is 0.381 e. The maximum atomic E-state index is 12.9. The molecule has 0 bridgehead atoms. The van der Waals surface area contributed by atoms with E-state index in [9.17, 15) is 4.79 Å². The van der Waals surface area contributed by atoms with Gasteiger partial charge < -0.3 is 20.1 Å². The van der Waals surface area contributed by atoms with Crippen LogP contribution < -0.4 is 5.73 Å². The molecule has 2 fully saturated rings. The Morgan fingerprint density at radius 3 is 2.48 bits per heavy atom. The third kappa shape index (κ3) is 6.56. The normalized spacial score (nSPS) is 20.8. The lowest BCUT2D eigenvalue weighted by Gasteiger charge is -2.37. The Morgan fingerprint density at radius 1 is 1.26 bits per heavy atom. The van der Waals surface area contributed by atoms with Gasteiger partial charge in [0.1, 0.15) is 0 Å². The zero-order valence-corrected chi connectivity index (χ0v) is 18.2. The van der Waals surface area contributed by atoms with Gasteiger partial charge in [0.15, 0.2) is 0 Å². The van der Waals surface area contributed by atoms with E-state index in [1.54, 1.807) is 11.3 Å². The van der Waals surface area contributed by atoms with Crippen molar-refractivity contribution in [2.24, 2.45) is 11.7 Å². The monoisotopic (exact) mass is 439 g/mol. The molecule has 1 amide bonds. The van der Waals surface area contributed by atoms with E-state index < -0.39 is 6.04 Å². The molecular formula is C18H31Cl2N3O3S. The van der Waals surface area contributed by atoms with Gasteiger partial charge in [0.2, 0.25) is 5.91 Å². The van der Waals surface area contributed by atoms with E-state index in [0.717, 1.165) is 39.1 Å². The van der Waals surface area contributed by atoms with Crippen LogP contribution in [0.4, 0.5) is 0 Å². The first-order valence-corrected chi connectivity index (χ1v) is 9.98. The minimum absolute atomic E-state index is 0. The van der Waals surface area contributed by atoms with Crippen LogP contribution in [-0.2, 0) is 14.3 Å². The summed E-state index contributed by atoms with van der Waals surface area (Å²) in [6.07, 6.45) is 1.75. The quantitative estimate of drug-likeness (QED) is 0.735. The highest BCUT2D eigenvalue weighted by Crippen LogP contribution is 2.27. The van der Waals surface area contributed by atoms with E-state index in [2.05, 4.69) is 22.4 Å². The summed E-state index contributed by atoms with van der Waals surface area (Å²) in [7, 11) is 1.88. The predicted octanol–water partition coefficient (Wildman–Crippen LogP) is 2.18. The number of nitrogens with two attached hydrogens (primary N) is 1. The van der Waals surface area contributed by atoms with Gasteiger partial charge in [-0.1, -0.05) is 6.07 Å². The second-order valence-corrected chi connectivity index (χ2v) is 7.85. The molecule has 3 rings (SSSR count). The number of likely N-dealkylation sites (N-methyl/N-ethyl adjacent to an activating group) is 1. The highest BCUT2D eigenvalue weighted by molar-refractivity contribution is 7.10. The second kappa shape index (κ2) is 12.2. The summed E-state index contributed by atoms with van der Waals surface area (Å²) in [4.78, 5) is 18.4. The van der Waals surface area contributed by atoms with Crippen LogP contribution in [0.3, 0.4) is 0 Å². The number of ether oxygens (including phenoxy) is 2. The molecule has 156 valence electrons. The number of carbonyl (C=O) groups excluding carboxylic acids is 1. The van der Waals surface area contributed by atoms with Crippen molar-refractivity contribution in [1.82, 2.24) is 9.80 Å². The number of halogens is 2. The van der Waals surface area contributed by atoms with Gasteiger partial charge in [-0.05, 0) is 30.2 Å². The Bertz CT molecular complexity index is 538. The van der Waals surface area contributed by atoms with E-state index >= 15 is 0 Å². The number of thiophene rings is 1. The Hall–Kier alpha value is -0.410. The van der Waals surface area contributed by atoms with Gasteiger partial charge in [0.05, 0.1) is 25.3 Å². The van der Waals surface area contributed by atoms with Gasteiger partial charge in [0, 0.05) is 44.8 Å². The highest BCUT2D eigenvalue weighted by atomic mass is 35.5. The van der Waals surface area contributed by atoms with Crippen LogP contribution in [0.15, 0.2) is 17.5 Å². The average Bonchev–Trinajstić information content (AvgIpc) is 3.20. The topological polar surface area (TPSA) is 68.0 Å². The number of carbonyl (C=O) groups is 1. The molecule has 9 heteroatoms. The summed E-state index contributed by atoms with van der Waals surface area (Å²) in [6, 6.07) is 4.01. The fraction of sp³-hybridized carbons (Fsp3) is 0.722. The summed E-state index contributed by atoms with van der Waals surface area (Å²) < 4.78 is 10.9. The van der Waals surface area contributed by atoms with Crippen molar-refractivity contribution in [1.29, 1.82) is 0 Å². The zero-order chi connectivity index (χ0) is 17.6. The number of hydrogen-bond acceptors (Lipinski definition) is 6. The van der Waals surface area contributed by atoms with Crippen LogP contribution in [0.2, 0.25) is 0 Å². The first-order chi connectivity index (χ1) is 12.2. The minimum atomic E-state index is -0.428. The number of nitrogens with zero attached hydrogens (tertiary/aromatic N) is 2. The summed E-state index contributed by atoms with van der Waals surface area (Å²) in [6.45, 7) is 5.38. The van der Waals surface area contributed by atoms with E-state index in [0.29, 0.717) is 19.8 Å². The number of morpholine rings is 1. The van der Waals surface area contributed by atoms with Gasteiger partial charge in [-0.25, -0.2) is 0 Å². The molecule has 0 saturated carbocycles. The van der Waals surface area contributed by atoms with Crippen LogP contribution in [-0.4, -0.2) is 74.9 Å². The molecule has 2 aliphatic rings. The maximum Gasteiger partial charge on any atom is 0.239 e. The Labute approximate surface area is 178 Å². The first-order valence-electron chi connectivity index (χ1n) is 9.10. The summed E-state index contributed by atoms with van der Waals surface area (Å²) in [5.74, 6) is 0.272. The minimum Gasteiger partial charge on any atom is -0.381 e. The van der Waals surface area contributed by atoms with Gasteiger partial charge in [-0.2, -0.15) is 0 Å². The molecule has 1 aromatic rings. The number of amides is 1. The lowest BCUT2D eigenvalue weighted by Crippen LogP contribution is -2.50. The molecule has 0 aliphatic carbocycles. The smallest absolute Gasteiger partial charge is 0.239 e. The zero-order valence-electron chi connectivity index (χ0n) is 15.7. The van der Waals surface area contributed by atoms with Gasteiger partial charge >= 0.3 is 0 Å². The Kier molecular flexibility index (Phi) is 11.1. The van der Waals surface area contributed by atoms with Crippen molar-refractivity contribution < 1.29 is 14.3 Å². The van der Waals surface area contributed by atoms with E-state index in [4.69, 9.17) is 15.2 Å². The van der Waals surface area contributed by atoms with Crippen molar-refractivity contribution in [3.8, 4) is 0 Å². The van der Waals surface area contributed by atoms with Crippen LogP contribution in [0.1, 0.15) is 23.8 Å². The lowest BCUT2D eigenvalue weighted by atomic mass is 9.91. The van der Waals surface area contributed by atoms with Gasteiger partial charge in [0.25, 0.3) is 0 Å². The van der Waals surface area contributed by atoms with Gasteiger partial charge in [-0.15, -0.1) is 36.2 Å². The molecule has 2 N–H and O–H groups in total. The first kappa shape index (κ1) is 24.6. The van der Waals surface area contributed by atoms with Crippen molar-refractivity contribution in [3.63, 3.8) is 0 Å². The van der Waals surface area contributed by atoms with E-state index in [1.807, 2.05) is 11.9 Å². The predicted molar refractivity (Wildman–Crippen MR) is 113 cm³/mol. The second-order valence-electron chi connectivity index (χ2n) is 6.87. The summed E-state index contributed by atoms with van der Waals surface area (Å²) in [5, 5.41) is 2.10.